The molecular weight excluding hydrogens is 344 g/mol. The third-order valence-corrected chi connectivity index (χ3v) is 6.06. The molecule has 0 aliphatic carbocycles. The van der Waals surface area contributed by atoms with Gasteiger partial charge in [0.05, 0.1) is 12.6 Å². The summed E-state index contributed by atoms with van der Waals surface area (Å²) >= 11 is 0. The van der Waals surface area contributed by atoms with Crippen LogP contribution in [-0.2, 0) is 7.05 Å². The van der Waals surface area contributed by atoms with Crippen LogP contribution in [0.3, 0.4) is 0 Å². The van der Waals surface area contributed by atoms with Gasteiger partial charge in [-0.3, -0.25) is 0 Å². The van der Waals surface area contributed by atoms with Gasteiger partial charge in [-0.25, -0.2) is 4.57 Å². The highest BCUT2D eigenvalue weighted by molar-refractivity contribution is 6.12. The largest absolute Gasteiger partial charge is 0.455 e. The Morgan fingerprint density at radius 2 is 1.50 bits per heavy atom. The van der Waals surface area contributed by atoms with E-state index in [1.165, 1.54) is 33.2 Å². The van der Waals surface area contributed by atoms with Crippen LogP contribution in [0.15, 0.2) is 60.9 Å². The Morgan fingerprint density at radius 1 is 0.821 bits per heavy atom. The van der Waals surface area contributed by atoms with E-state index in [0.29, 0.717) is 0 Å². The van der Waals surface area contributed by atoms with Crippen molar-refractivity contribution in [2.24, 2.45) is 7.05 Å². The molecule has 4 aromatic carbocycles. The SMILES string of the molecule is Cc1c2c(c(C)c3ccccc13)-c1c3c(c4ccccc4cc3nc[n+]1C)O2. The van der Waals surface area contributed by atoms with Crippen LogP contribution in [0.2, 0.25) is 0 Å². The molecule has 0 bridgehead atoms. The minimum absolute atomic E-state index is 0.914. The van der Waals surface area contributed by atoms with E-state index < -0.39 is 0 Å². The first-order chi connectivity index (χ1) is 13.6. The highest BCUT2D eigenvalue weighted by Crippen LogP contribution is 2.51. The van der Waals surface area contributed by atoms with Crippen molar-refractivity contribution in [3.8, 4) is 22.8 Å². The molecule has 1 aromatic heterocycles. The number of nitrogens with zero attached hydrogens (tertiary/aromatic N) is 2. The number of aryl methyl sites for hydroxylation is 3. The summed E-state index contributed by atoms with van der Waals surface area (Å²) in [5.41, 5.74) is 5.75. The van der Waals surface area contributed by atoms with E-state index in [1.807, 2.05) is 6.33 Å². The van der Waals surface area contributed by atoms with Crippen LogP contribution in [0.25, 0.3) is 43.7 Å². The lowest BCUT2D eigenvalue weighted by molar-refractivity contribution is -0.662. The lowest BCUT2D eigenvalue weighted by Crippen LogP contribution is -2.33. The Hall–Kier alpha value is -3.46. The molecular formula is C25H19N2O+. The summed E-state index contributed by atoms with van der Waals surface area (Å²) in [6, 6.07) is 19.1. The topological polar surface area (TPSA) is 26.0 Å². The molecule has 0 atom stereocenters. The average molecular weight is 363 g/mol. The molecule has 0 fully saturated rings. The van der Waals surface area contributed by atoms with E-state index in [-0.39, 0.29) is 0 Å². The van der Waals surface area contributed by atoms with Gasteiger partial charge in [0.2, 0.25) is 0 Å². The molecule has 0 amide bonds. The third kappa shape index (κ3) is 1.83. The van der Waals surface area contributed by atoms with Gasteiger partial charge >= 0.3 is 0 Å². The first-order valence-corrected chi connectivity index (χ1v) is 9.55. The van der Waals surface area contributed by atoms with E-state index in [9.17, 15) is 0 Å². The maximum absolute atomic E-state index is 6.68. The van der Waals surface area contributed by atoms with Gasteiger partial charge < -0.3 is 4.74 Å². The van der Waals surface area contributed by atoms with Gasteiger partial charge in [0.25, 0.3) is 6.33 Å². The van der Waals surface area contributed by atoms with Gasteiger partial charge in [-0.2, -0.15) is 0 Å². The quantitative estimate of drug-likeness (QED) is 0.253. The molecule has 5 aromatic rings. The fourth-order valence-electron chi connectivity index (χ4n) is 4.69. The highest BCUT2D eigenvalue weighted by Gasteiger charge is 2.32. The molecule has 2 heterocycles. The van der Waals surface area contributed by atoms with Gasteiger partial charge in [-0.1, -0.05) is 48.5 Å². The molecule has 0 N–H and O–H groups in total. The van der Waals surface area contributed by atoms with Crippen LogP contribution in [0, 0.1) is 13.8 Å². The zero-order chi connectivity index (χ0) is 19.0. The van der Waals surface area contributed by atoms with E-state index in [2.05, 4.69) is 80.1 Å². The predicted molar refractivity (Wildman–Crippen MR) is 113 cm³/mol. The zero-order valence-electron chi connectivity index (χ0n) is 16.1. The number of fused-ring (bicyclic) bond motifs is 5. The second-order valence-corrected chi connectivity index (χ2v) is 7.63. The van der Waals surface area contributed by atoms with E-state index in [1.54, 1.807) is 0 Å². The maximum atomic E-state index is 6.68. The number of benzene rings is 4. The fourth-order valence-corrected chi connectivity index (χ4v) is 4.69. The molecule has 1 aliphatic rings. The average Bonchev–Trinajstić information content (AvgIpc) is 2.73. The van der Waals surface area contributed by atoms with Gasteiger partial charge in [-0.15, -0.1) is 0 Å². The molecule has 1 aliphatic heterocycles. The lowest BCUT2D eigenvalue weighted by atomic mass is 9.89. The molecule has 0 saturated heterocycles. The van der Waals surface area contributed by atoms with E-state index >= 15 is 0 Å². The van der Waals surface area contributed by atoms with Crippen molar-refractivity contribution in [1.82, 2.24) is 4.98 Å². The molecule has 0 radical (unpaired) electrons. The van der Waals surface area contributed by atoms with Crippen molar-refractivity contribution in [2.45, 2.75) is 13.8 Å². The van der Waals surface area contributed by atoms with Crippen LogP contribution in [0.5, 0.6) is 11.5 Å². The van der Waals surface area contributed by atoms with Gasteiger partial charge in [0.15, 0.2) is 17.0 Å². The molecule has 0 saturated carbocycles. The Bertz CT molecular complexity index is 1470. The van der Waals surface area contributed by atoms with Crippen molar-refractivity contribution >= 4 is 32.4 Å². The summed E-state index contributed by atoms with van der Waals surface area (Å²) < 4.78 is 8.81. The molecule has 134 valence electrons. The van der Waals surface area contributed by atoms with Crippen molar-refractivity contribution in [3.05, 3.63) is 72.1 Å². The number of rotatable bonds is 0. The first-order valence-electron chi connectivity index (χ1n) is 9.55. The normalized spacial score (nSPS) is 12.4. The second kappa shape index (κ2) is 5.29. The second-order valence-electron chi connectivity index (χ2n) is 7.63. The molecule has 0 spiro atoms. The van der Waals surface area contributed by atoms with Gasteiger partial charge in [0, 0.05) is 10.9 Å². The van der Waals surface area contributed by atoms with Crippen molar-refractivity contribution in [1.29, 1.82) is 0 Å². The summed E-state index contributed by atoms with van der Waals surface area (Å²) in [4.78, 5) is 4.70. The van der Waals surface area contributed by atoms with Gasteiger partial charge in [0.1, 0.15) is 11.1 Å². The standard InChI is InChI=1S/C25H19N2O/c1-14-17-9-6-7-10-18(17)15(2)24-21(14)23-22-20(26-13-27(23)3)12-16-8-4-5-11-19(16)25(22)28-24/h4-13H,1-3H3/q+1. The van der Waals surface area contributed by atoms with Crippen LogP contribution in [0.4, 0.5) is 0 Å². The Balaban J connectivity index is 1.90. The number of hydrogen-bond donors (Lipinski definition) is 0. The Morgan fingerprint density at radius 3 is 2.29 bits per heavy atom. The minimum Gasteiger partial charge on any atom is -0.455 e. The minimum atomic E-state index is 0.914. The number of hydrogen-bond acceptors (Lipinski definition) is 2. The number of ether oxygens (including phenoxy) is 1. The Labute approximate surface area is 162 Å². The van der Waals surface area contributed by atoms with Crippen molar-refractivity contribution in [2.75, 3.05) is 0 Å². The maximum Gasteiger partial charge on any atom is 0.287 e. The van der Waals surface area contributed by atoms with Crippen molar-refractivity contribution < 1.29 is 9.30 Å². The molecule has 3 nitrogen and oxygen atoms in total. The summed E-state index contributed by atoms with van der Waals surface area (Å²) in [6.07, 6.45) is 1.91. The summed E-state index contributed by atoms with van der Waals surface area (Å²) in [7, 11) is 2.07. The molecule has 3 heteroatoms. The fraction of sp³-hybridized carbons (Fsp3) is 0.120. The van der Waals surface area contributed by atoms with Crippen LogP contribution < -0.4 is 9.30 Å². The van der Waals surface area contributed by atoms with Crippen LogP contribution in [-0.4, -0.2) is 4.98 Å². The highest BCUT2D eigenvalue weighted by atomic mass is 16.5. The third-order valence-electron chi connectivity index (χ3n) is 6.06. The van der Waals surface area contributed by atoms with E-state index in [4.69, 9.17) is 9.72 Å². The molecule has 6 rings (SSSR count). The summed E-state index contributed by atoms with van der Waals surface area (Å²) in [5, 5.41) is 5.89. The van der Waals surface area contributed by atoms with E-state index in [0.717, 1.165) is 33.2 Å². The first kappa shape index (κ1) is 15.6. The monoisotopic (exact) mass is 363 g/mol. The van der Waals surface area contributed by atoms with Gasteiger partial charge in [-0.05, 0) is 46.6 Å². The molecule has 28 heavy (non-hydrogen) atoms. The van der Waals surface area contributed by atoms with Crippen LogP contribution >= 0.6 is 0 Å². The Kier molecular flexibility index (Phi) is 2.95. The lowest BCUT2D eigenvalue weighted by Gasteiger charge is -2.25. The van der Waals surface area contributed by atoms with Crippen LogP contribution in [0.1, 0.15) is 11.1 Å². The van der Waals surface area contributed by atoms with Crippen molar-refractivity contribution in [3.63, 3.8) is 0 Å². The smallest absolute Gasteiger partial charge is 0.287 e. The zero-order valence-corrected chi connectivity index (χ0v) is 16.1. The molecule has 0 unspecified atom stereocenters. The number of aromatic nitrogens is 2. The summed E-state index contributed by atoms with van der Waals surface area (Å²) in [6.45, 7) is 4.36. The predicted octanol–water partition coefficient (Wildman–Crippen LogP) is 5.76. The summed E-state index contributed by atoms with van der Waals surface area (Å²) in [5.74, 6) is 1.88.